The van der Waals surface area contributed by atoms with Gasteiger partial charge in [0.25, 0.3) is 0 Å². The minimum absolute atomic E-state index is 0. The molecule has 1 heterocycles. The maximum Gasteiger partial charge on any atom is 0 e. The van der Waals surface area contributed by atoms with Crippen LogP contribution in [-0.2, 0) is 32.7 Å². The van der Waals surface area contributed by atoms with Crippen molar-refractivity contribution in [1.29, 1.82) is 0 Å². The summed E-state index contributed by atoms with van der Waals surface area (Å²) in [4.78, 5) is 0. The van der Waals surface area contributed by atoms with Crippen molar-refractivity contribution in [3.05, 3.63) is 25.0 Å². The van der Waals surface area contributed by atoms with Gasteiger partial charge in [-0.1, -0.05) is 26.7 Å². The summed E-state index contributed by atoms with van der Waals surface area (Å²) in [5.41, 5.74) is 1.08. The molecule has 1 fully saturated rings. The molecule has 0 saturated carbocycles. The number of hydrogen-bond acceptors (Lipinski definition) is 0. The molecule has 0 spiro atoms. The van der Waals surface area contributed by atoms with Crippen LogP contribution in [0.25, 0.3) is 5.32 Å². The smallest absolute Gasteiger partial charge is 0 e. The van der Waals surface area contributed by atoms with Crippen molar-refractivity contribution in [3.8, 4) is 0 Å². The fraction of sp³-hybridized carbons (Fsp3) is 0.625. The van der Waals surface area contributed by atoms with Gasteiger partial charge < -0.3 is 12.7 Å². The largest absolute Gasteiger partial charge is 0.688 e. The Morgan fingerprint density at radius 3 is 2.00 bits per heavy atom. The summed E-state index contributed by atoms with van der Waals surface area (Å²) in [6.07, 6.45) is 2.35. The zero-order chi connectivity index (χ0) is 6.41. The van der Waals surface area contributed by atoms with Crippen LogP contribution in [0.15, 0.2) is 12.3 Å². The van der Waals surface area contributed by atoms with Gasteiger partial charge in [0, 0.05) is 32.7 Å². The van der Waals surface area contributed by atoms with E-state index in [0.29, 0.717) is 0 Å². The van der Waals surface area contributed by atoms with E-state index in [4.69, 9.17) is 0 Å². The van der Waals surface area contributed by atoms with Crippen molar-refractivity contribution < 1.29 is 32.7 Å². The summed E-state index contributed by atoms with van der Waals surface area (Å²) in [5, 5.41) is 4.04. The van der Waals surface area contributed by atoms with Crippen molar-refractivity contribution in [2.75, 3.05) is 6.54 Å². The second kappa shape index (κ2) is 12.3. The Kier molecular flexibility index (Phi) is 20.9. The van der Waals surface area contributed by atoms with Gasteiger partial charge in [0.15, 0.2) is 0 Å². The topological polar surface area (TPSA) is 14.1 Å². The molecule has 0 aliphatic carbocycles. The number of rotatable bonds is 0. The molecular weight excluding hydrogens is 199 g/mol. The van der Waals surface area contributed by atoms with Gasteiger partial charge in [0.1, 0.15) is 0 Å². The summed E-state index contributed by atoms with van der Waals surface area (Å²) in [6, 6.07) is 0. The molecule has 0 aromatic heterocycles. The van der Waals surface area contributed by atoms with Gasteiger partial charge in [-0.3, -0.25) is 0 Å². The van der Waals surface area contributed by atoms with Gasteiger partial charge in [-0.25, -0.2) is 0 Å². The third-order valence-electron chi connectivity index (χ3n) is 0.959. The van der Waals surface area contributed by atoms with Crippen LogP contribution in [0.2, 0.25) is 0 Å². The van der Waals surface area contributed by atoms with E-state index in [1.165, 1.54) is 6.42 Å². The molecule has 2 heteroatoms. The van der Waals surface area contributed by atoms with Crippen molar-refractivity contribution in [2.45, 2.75) is 26.7 Å². The average molecular weight is 216 g/mol. The van der Waals surface area contributed by atoms with Crippen LogP contribution in [0.3, 0.4) is 0 Å². The van der Waals surface area contributed by atoms with Crippen LogP contribution in [0, 0.1) is 7.43 Å². The summed E-state index contributed by atoms with van der Waals surface area (Å²) >= 11 is 0. The molecule has 0 aromatic carbocycles. The zero-order valence-electron chi connectivity index (χ0n) is 7.35. The first-order chi connectivity index (χ1) is 3.89. The quantitative estimate of drug-likeness (QED) is 0.552. The third-order valence-corrected chi connectivity index (χ3v) is 0.959. The molecule has 59 valence electrons. The molecule has 0 aromatic rings. The molecule has 0 atom stereocenters. The maximum atomic E-state index is 4.04. The van der Waals surface area contributed by atoms with Crippen LogP contribution in [0.5, 0.6) is 0 Å². The van der Waals surface area contributed by atoms with Crippen LogP contribution in [0.4, 0.5) is 0 Å². The molecule has 0 amide bonds. The maximum absolute atomic E-state index is 4.04. The summed E-state index contributed by atoms with van der Waals surface area (Å²) in [5.74, 6) is 0. The monoisotopic (exact) mass is 216 g/mol. The van der Waals surface area contributed by atoms with E-state index < -0.39 is 0 Å². The van der Waals surface area contributed by atoms with E-state index in [-0.39, 0.29) is 40.1 Å². The second-order valence-corrected chi connectivity index (χ2v) is 1.55. The first kappa shape index (κ1) is 16.9. The molecular formula is C8H17NY-2. The van der Waals surface area contributed by atoms with Gasteiger partial charge in [-0.2, -0.15) is 5.70 Å². The van der Waals surface area contributed by atoms with E-state index in [1.807, 2.05) is 13.8 Å². The SMILES string of the molecule is C=C1CCC[N-]1.CC.[CH3-].[Y]. The second-order valence-electron chi connectivity index (χ2n) is 1.55. The van der Waals surface area contributed by atoms with E-state index in [1.54, 1.807) is 0 Å². The van der Waals surface area contributed by atoms with Crippen LogP contribution < -0.4 is 0 Å². The molecule has 0 N–H and O–H groups in total. The van der Waals surface area contributed by atoms with Gasteiger partial charge in [-0.15, -0.1) is 13.1 Å². The molecule has 1 nitrogen and oxygen atoms in total. The fourth-order valence-electron chi connectivity index (χ4n) is 0.599. The van der Waals surface area contributed by atoms with Crippen molar-refractivity contribution in [2.24, 2.45) is 0 Å². The molecule has 1 rings (SSSR count). The Bertz CT molecular complexity index is 63.7. The Labute approximate surface area is 90.5 Å². The van der Waals surface area contributed by atoms with Crippen LogP contribution in [-0.4, -0.2) is 6.54 Å². The third kappa shape index (κ3) is 8.64. The van der Waals surface area contributed by atoms with E-state index in [9.17, 15) is 0 Å². The first-order valence-electron chi connectivity index (χ1n) is 3.25. The standard InChI is InChI=1S/C5H8N.C2H6.CH3.Y/c1-5-3-2-4-6-5;1-2;;/h1-4H2;1-2H3;1H3;/q-1;;-1;. The van der Waals surface area contributed by atoms with Gasteiger partial charge >= 0.3 is 0 Å². The Morgan fingerprint density at radius 2 is 1.90 bits per heavy atom. The van der Waals surface area contributed by atoms with E-state index >= 15 is 0 Å². The minimum atomic E-state index is 0. The molecule has 1 aliphatic rings. The van der Waals surface area contributed by atoms with E-state index in [2.05, 4.69) is 11.9 Å². The molecule has 1 saturated heterocycles. The molecule has 10 heavy (non-hydrogen) atoms. The molecule has 0 unspecified atom stereocenters. The molecule has 0 bridgehead atoms. The Hall–Kier alpha value is 0.644. The predicted octanol–water partition coefficient (Wildman–Crippen LogP) is 3.14. The normalized spacial score (nSPS) is 13.2. The summed E-state index contributed by atoms with van der Waals surface area (Å²) in [6.45, 7) is 8.70. The average Bonchev–Trinajstić information content (AvgIpc) is 2.24. The Morgan fingerprint density at radius 1 is 1.40 bits per heavy atom. The van der Waals surface area contributed by atoms with Crippen LogP contribution >= 0.6 is 0 Å². The minimum Gasteiger partial charge on any atom is -0.688 e. The number of nitrogens with zero attached hydrogens (tertiary/aromatic N) is 1. The summed E-state index contributed by atoms with van der Waals surface area (Å²) in [7, 11) is 0. The van der Waals surface area contributed by atoms with Gasteiger partial charge in [0.05, 0.1) is 0 Å². The van der Waals surface area contributed by atoms with Gasteiger partial charge in [-0.05, 0) is 0 Å². The van der Waals surface area contributed by atoms with Crippen molar-refractivity contribution >= 4 is 0 Å². The fourth-order valence-corrected chi connectivity index (χ4v) is 0.599. The summed E-state index contributed by atoms with van der Waals surface area (Å²) < 4.78 is 0. The zero-order valence-corrected chi connectivity index (χ0v) is 10.2. The first-order valence-corrected chi connectivity index (χ1v) is 3.25. The number of hydrogen-bond donors (Lipinski definition) is 0. The van der Waals surface area contributed by atoms with Gasteiger partial charge in [0.2, 0.25) is 0 Å². The predicted molar refractivity (Wildman–Crippen MR) is 44.4 cm³/mol. The van der Waals surface area contributed by atoms with E-state index in [0.717, 1.165) is 18.7 Å². The molecule has 1 radical (unpaired) electrons. The molecule has 1 aliphatic heterocycles. The van der Waals surface area contributed by atoms with Crippen molar-refractivity contribution in [1.82, 2.24) is 0 Å². The van der Waals surface area contributed by atoms with Crippen LogP contribution in [0.1, 0.15) is 26.7 Å². The number of allylic oxidation sites excluding steroid dienone is 1. The Balaban J connectivity index is -0.000000114. The van der Waals surface area contributed by atoms with Crippen molar-refractivity contribution in [3.63, 3.8) is 0 Å².